The molecule has 1 fully saturated rings. The van der Waals surface area contributed by atoms with Crippen LogP contribution in [0.5, 0.6) is 0 Å². The van der Waals surface area contributed by atoms with Crippen LogP contribution in [0.1, 0.15) is 59.8 Å². The summed E-state index contributed by atoms with van der Waals surface area (Å²) in [5, 5.41) is 12.9. The Balaban J connectivity index is 2.47. The predicted molar refractivity (Wildman–Crippen MR) is 75.8 cm³/mol. The Bertz CT molecular complexity index is 223. The third-order valence-electron chi connectivity index (χ3n) is 3.88. The summed E-state index contributed by atoms with van der Waals surface area (Å²) < 4.78 is 5.79. The fraction of sp³-hybridized carbons (Fsp3) is 1.00. The van der Waals surface area contributed by atoms with Gasteiger partial charge in [0, 0.05) is 25.3 Å². The molecule has 0 radical (unpaired) electrons. The maximum Gasteiger partial charge on any atom is 0.0589 e. The maximum atomic E-state index is 9.20. The summed E-state index contributed by atoms with van der Waals surface area (Å²) in [4.78, 5) is 0. The zero-order chi connectivity index (χ0) is 13.6. The van der Waals surface area contributed by atoms with Gasteiger partial charge in [-0.2, -0.15) is 0 Å². The summed E-state index contributed by atoms with van der Waals surface area (Å²) in [7, 11) is 0. The van der Waals surface area contributed by atoms with Gasteiger partial charge in [-0.15, -0.1) is 0 Å². The molecule has 0 amide bonds. The van der Waals surface area contributed by atoms with Crippen molar-refractivity contribution >= 4 is 0 Å². The monoisotopic (exact) mass is 257 g/mol. The van der Waals surface area contributed by atoms with Crippen molar-refractivity contribution in [3.63, 3.8) is 0 Å². The van der Waals surface area contributed by atoms with Crippen molar-refractivity contribution in [2.45, 2.75) is 78.0 Å². The lowest BCUT2D eigenvalue weighted by molar-refractivity contribution is -0.00855. The van der Waals surface area contributed by atoms with Gasteiger partial charge in [0.15, 0.2) is 0 Å². The normalized spacial score (nSPS) is 27.2. The van der Waals surface area contributed by atoms with Crippen LogP contribution in [-0.2, 0) is 4.74 Å². The van der Waals surface area contributed by atoms with Crippen molar-refractivity contribution in [2.24, 2.45) is 5.41 Å². The topological polar surface area (TPSA) is 41.5 Å². The fourth-order valence-corrected chi connectivity index (χ4v) is 2.73. The average molecular weight is 257 g/mol. The number of ether oxygens (including phenoxy) is 1. The highest BCUT2D eigenvalue weighted by atomic mass is 16.5. The Kier molecular flexibility index (Phi) is 6.61. The van der Waals surface area contributed by atoms with E-state index in [-0.39, 0.29) is 12.0 Å². The fourth-order valence-electron chi connectivity index (χ4n) is 2.73. The van der Waals surface area contributed by atoms with Crippen molar-refractivity contribution in [1.29, 1.82) is 0 Å². The highest BCUT2D eigenvalue weighted by Gasteiger charge is 2.29. The lowest BCUT2D eigenvalue weighted by atomic mass is 9.83. The molecule has 0 aliphatic carbocycles. The van der Waals surface area contributed by atoms with Gasteiger partial charge in [0.25, 0.3) is 0 Å². The molecule has 1 aliphatic heterocycles. The van der Waals surface area contributed by atoms with Crippen molar-refractivity contribution in [2.75, 3.05) is 13.2 Å². The summed E-state index contributed by atoms with van der Waals surface area (Å²) in [6, 6.07) is 0.930. The van der Waals surface area contributed by atoms with Gasteiger partial charge in [-0.3, -0.25) is 0 Å². The van der Waals surface area contributed by atoms with Crippen LogP contribution in [-0.4, -0.2) is 36.5 Å². The van der Waals surface area contributed by atoms with Crippen LogP contribution < -0.4 is 5.32 Å². The van der Waals surface area contributed by atoms with Gasteiger partial charge >= 0.3 is 0 Å². The first kappa shape index (κ1) is 15.9. The zero-order valence-electron chi connectivity index (χ0n) is 12.5. The molecule has 1 aliphatic rings. The minimum atomic E-state index is 0.196. The van der Waals surface area contributed by atoms with Crippen LogP contribution in [0.3, 0.4) is 0 Å². The summed E-state index contributed by atoms with van der Waals surface area (Å²) in [6.45, 7) is 10.1. The highest BCUT2D eigenvalue weighted by molar-refractivity contribution is 4.86. The molecule has 18 heavy (non-hydrogen) atoms. The number of aliphatic hydroxyl groups is 1. The second-order valence-electron chi connectivity index (χ2n) is 6.60. The quantitative estimate of drug-likeness (QED) is 0.769. The van der Waals surface area contributed by atoms with Crippen molar-refractivity contribution < 1.29 is 9.84 Å². The first-order chi connectivity index (χ1) is 8.47. The Morgan fingerprint density at radius 2 is 2.11 bits per heavy atom. The van der Waals surface area contributed by atoms with Crippen molar-refractivity contribution in [3.8, 4) is 0 Å². The molecule has 0 aromatic carbocycles. The number of hydrogen-bond donors (Lipinski definition) is 2. The van der Waals surface area contributed by atoms with E-state index in [0.29, 0.717) is 18.2 Å². The van der Waals surface area contributed by atoms with E-state index in [1.165, 1.54) is 12.8 Å². The molecular weight excluding hydrogens is 226 g/mol. The van der Waals surface area contributed by atoms with E-state index >= 15 is 0 Å². The first-order valence-corrected chi connectivity index (χ1v) is 7.45. The van der Waals surface area contributed by atoms with Crippen molar-refractivity contribution in [1.82, 2.24) is 5.32 Å². The minimum absolute atomic E-state index is 0.196. The molecule has 2 N–H and O–H groups in total. The van der Waals surface area contributed by atoms with E-state index in [1.807, 2.05) is 0 Å². The van der Waals surface area contributed by atoms with Gasteiger partial charge in [-0.25, -0.2) is 0 Å². The average Bonchev–Trinajstić information content (AvgIpc) is 2.28. The van der Waals surface area contributed by atoms with Crippen LogP contribution in [0.15, 0.2) is 0 Å². The van der Waals surface area contributed by atoms with Gasteiger partial charge in [0.2, 0.25) is 0 Å². The van der Waals surface area contributed by atoms with E-state index < -0.39 is 0 Å². The van der Waals surface area contributed by atoms with Crippen LogP contribution in [0.2, 0.25) is 0 Å². The van der Waals surface area contributed by atoms with Gasteiger partial charge in [-0.1, -0.05) is 34.1 Å². The number of nitrogens with one attached hydrogen (secondary N) is 1. The largest absolute Gasteiger partial charge is 0.396 e. The molecule has 1 saturated heterocycles. The smallest absolute Gasteiger partial charge is 0.0589 e. The molecule has 3 heteroatoms. The molecule has 1 rings (SSSR count). The third kappa shape index (κ3) is 5.25. The first-order valence-electron chi connectivity index (χ1n) is 7.45. The predicted octanol–water partition coefficient (Wildman–Crippen LogP) is 2.72. The molecule has 108 valence electrons. The molecule has 1 heterocycles. The zero-order valence-corrected chi connectivity index (χ0v) is 12.5. The molecule has 3 nitrogen and oxygen atoms in total. The number of aliphatic hydroxyl groups excluding tert-OH is 1. The standard InChI is InChI=1S/C15H31NO2/c1-5-6-13-11-12(8-10-18-13)16-14(7-9-17)15(2,3)4/h12-14,16-17H,5-11H2,1-4H3. The van der Waals surface area contributed by atoms with E-state index in [0.717, 1.165) is 25.9 Å². The van der Waals surface area contributed by atoms with Gasteiger partial charge < -0.3 is 15.2 Å². The van der Waals surface area contributed by atoms with E-state index in [9.17, 15) is 5.11 Å². The molecule has 3 atom stereocenters. The number of hydrogen-bond acceptors (Lipinski definition) is 3. The van der Waals surface area contributed by atoms with Crippen LogP contribution >= 0.6 is 0 Å². The summed E-state index contributed by atoms with van der Waals surface area (Å²) in [6.07, 6.45) is 5.83. The van der Waals surface area contributed by atoms with Gasteiger partial charge in [-0.05, 0) is 31.1 Å². The molecule has 0 bridgehead atoms. The third-order valence-corrected chi connectivity index (χ3v) is 3.88. The Morgan fingerprint density at radius 1 is 1.39 bits per heavy atom. The Morgan fingerprint density at radius 3 is 2.67 bits per heavy atom. The maximum absolute atomic E-state index is 9.20. The van der Waals surface area contributed by atoms with E-state index in [2.05, 4.69) is 33.0 Å². The molecule has 0 aromatic heterocycles. The molecular formula is C15H31NO2. The second kappa shape index (κ2) is 7.46. The van der Waals surface area contributed by atoms with Crippen LogP contribution in [0.4, 0.5) is 0 Å². The second-order valence-corrected chi connectivity index (χ2v) is 6.60. The lowest BCUT2D eigenvalue weighted by Gasteiger charge is -2.38. The number of rotatable bonds is 6. The SMILES string of the molecule is CCCC1CC(NC(CCO)C(C)(C)C)CCO1. The molecule has 3 unspecified atom stereocenters. The lowest BCUT2D eigenvalue weighted by Crippen LogP contribution is -2.49. The highest BCUT2D eigenvalue weighted by Crippen LogP contribution is 2.25. The van der Waals surface area contributed by atoms with E-state index in [4.69, 9.17) is 4.74 Å². The van der Waals surface area contributed by atoms with Crippen LogP contribution in [0.25, 0.3) is 0 Å². The minimum Gasteiger partial charge on any atom is -0.396 e. The molecule has 0 saturated carbocycles. The molecule has 0 spiro atoms. The summed E-state index contributed by atoms with van der Waals surface area (Å²) in [5.74, 6) is 0. The van der Waals surface area contributed by atoms with E-state index in [1.54, 1.807) is 0 Å². The summed E-state index contributed by atoms with van der Waals surface area (Å²) in [5.41, 5.74) is 0.196. The Hall–Kier alpha value is -0.120. The van der Waals surface area contributed by atoms with Crippen molar-refractivity contribution in [3.05, 3.63) is 0 Å². The molecule has 0 aromatic rings. The van der Waals surface area contributed by atoms with Gasteiger partial charge in [0.1, 0.15) is 0 Å². The Labute approximate surface area is 112 Å². The van der Waals surface area contributed by atoms with Crippen LogP contribution in [0, 0.1) is 5.41 Å². The summed E-state index contributed by atoms with van der Waals surface area (Å²) >= 11 is 0. The van der Waals surface area contributed by atoms with Gasteiger partial charge in [0.05, 0.1) is 6.10 Å².